The molecule has 2 fully saturated rings. The molecule has 1 N–H and O–H groups in total. The molecule has 0 radical (unpaired) electrons. The Balaban J connectivity index is 1.35. The number of aryl methyl sites for hydroxylation is 1. The van der Waals surface area contributed by atoms with Gasteiger partial charge < -0.3 is 10.0 Å². The van der Waals surface area contributed by atoms with Crippen molar-refractivity contribution in [1.82, 2.24) is 20.4 Å². The number of anilines is 1. The minimum absolute atomic E-state index is 0.1000. The fourth-order valence-corrected chi connectivity index (χ4v) is 5.06. The van der Waals surface area contributed by atoms with Crippen LogP contribution in [0.3, 0.4) is 0 Å². The van der Waals surface area contributed by atoms with Crippen LogP contribution >= 0.6 is 0 Å². The number of rotatable bonds is 4. The fourth-order valence-electron chi connectivity index (χ4n) is 5.06. The molecule has 31 heavy (non-hydrogen) atoms. The van der Waals surface area contributed by atoms with Gasteiger partial charge in [0.15, 0.2) is 5.82 Å². The average Bonchev–Trinajstić information content (AvgIpc) is 3.20. The number of aromatic hydroxyl groups is 1. The largest absolute Gasteiger partial charge is 0.507 e. The van der Waals surface area contributed by atoms with E-state index >= 15 is 0 Å². The molecule has 2 bridgehead atoms. The molecule has 2 saturated carbocycles. The van der Waals surface area contributed by atoms with E-state index < -0.39 is 6.17 Å². The van der Waals surface area contributed by atoms with E-state index in [1.165, 1.54) is 0 Å². The molecule has 2 aliphatic carbocycles. The first-order valence-corrected chi connectivity index (χ1v) is 10.8. The summed E-state index contributed by atoms with van der Waals surface area (Å²) in [5.41, 5.74) is 3.46. The van der Waals surface area contributed by atoms with Gasteiger partial charge in [0.2, 0.25) is 0 Å². The highest BCUT2D eigenvalue weighted by molar-refractivity contribution is 5.73. The van der Waals surface area contributed by atoms with Crippen LogP contribution in [0.15, 0.2) is 42.5 Å². The lowest BCUT2D eigenvalue weighted by molar-refractivity contribution is 0.144. The number of aromatic nitrogens is 4. The van der Waals surface area contributed by atoms with E-state index in [2.05, 4.69) is 20.4 Å². The molecule has 4 atom stereocenters. The molecule has 6 nitrogen and oxygen atoms in total. The maximum atomic E-state index is 14.9. The van der Waals surface area contributed by atoms with Crippen LogP contribution < -0.4 is 4.90 Å². The van der Waals surface area contributed by atoms with Crippen molar-refractivity contribution in [2.75, 3.05) is 11.9 Å². The minimum Gasteiger partial charge on any atom is -0.507 e. The zero-order valence-corrected chi connectivity index (χ0v) is 17.7. The zero-order chi connectivity index (χ0) is 21.5. The van der Waals surface area contributed by atoms with Crippen molar-refractivity contribution in [1.29, 1.82) is 0 Å². The lowest BCUT2D eigenvalue weighted by Gasteiger charge is -2.38. The van der Waals surface area contributed by atoms with E-state index in [-0.39, 0.29) is 17.7 Å². The molecule has 160 valence electrons. The molecule has 3 aromatic rings. The summed E-state index contributed by atoms with van der Waals surface area (Å²) in [5.74, 6) is 1.57. The van der Waals surface area contributed by atoms with Gasteiger partial charge in [0, 0.05) is 18.2 Å². The molecular weight excluding hydrogens is 393 g/mol. The first kappa shape index (κ1) is 19.8. The number of nitrogens with zero attached hydrogens (tertiary/aromatic N) is 5. The fraction of sp³-hybridized carbons (Fsp3) is 0.417. The average molecular weight is 420 g/mol. The van der Waals surface area contributed by atoms with Gasteiger partial charge in [-0.15, -0.1) is 10.2 Å². The van der Waals surface area contributed by atoms with Crippen LogP contribution in [-0.2, 0) is 0 Å². The van der Waals surface area contributed by atoms with Gasteiger partial charge >= 0.3 is 0 Å². The van der Waals surface area contributed by atoms with Gasteiger partial charge in [-0.1, -0.05) is 6.07 Å². The van der Waals surface area contributed by atoms with Crippen molar-refractivity contribution >= 4 is 5.82 Å². The number of fused-ring (bicyclic) bond motifs is 2. The smallest absolute Gasteiger partial charge is 0.151 e. The minimum atomic E-state index is -0.813. The molecule has 0 amide bonds. The van der Waals surface area contributed by atoms with Crippen molar-refractivity contribution in [2.24, 2.45) is 11.8 Å². The van der Waals surface area contributed by atoms with Crippen LogP contribution in [0.25, 0.3) is 22.5 Å². The summed E-state index contributed by atoms with van der Waals surface area (Å²) in [6.45, 7) is 1.88. The van der Waals surface area contributed by atoms with E-state index in [9.17, 15) is 9.50 Å². The number of phenols is 1. The molecule has 0 saturated heterocycles. The van der Waals surface area contributed by atoms with Gasteiger partial charge in [0.1, 0.15) is 11.9 Å². The Hall–Kier alpha value is -3.09. The van der Waals surface area contributed by atoms with Crippen LogP contribution in [0.2, 0.25) is 0 Å². The number of hydrogen-bond acceptors (Lipinski definition) is 6. The lowest BCUT2D eigenvalue weighted by Crippen LogP contribution is -2.46. The monoisotopic (exact) mass is 419 g/mol. The molecule has 2 aliphatic rings. The highest BCUT2D eigenvalue weighted by Gasteiger charge is 2.44. The summed E-state index contributed by atoms with van der Waals surface area (Å²) in [6, 6.07) is 12.6. The van der Waals surface area contributed by atoms with E-state index in [1.807, 2.05) is 49.2 Å². The van der Waals surface area contributed by atoms with Crippen LogP contribution in [-0.4, -0.2) is 44.8 Å². The topological polar surface area (TPSA) is 75.0 Å². The van der Waals surface area contributed by atoms with Gasteiger partial charge in [-0.2, -0.15) is 10.2 Å². The standard InChI is InChI=1S/C24H26FN5O/c1-14-3-8-19(27-26-14)16-6-7-18(22(31)13-16)20-9-10-23(29-28-20)30(2)21-12-15-4-5-17(11-15)24(21)25/h3,6-10,13,15,17,21,24,31H,4-5,11-12H2,1-2H3/t15-,17+,21+,24-/m1/s1. The number of alkyl halides is 1. The van der Waals surface area contributed by atoms with Crippen molar-refractivity contribution in [3.05, 3.63) is 48.2 Å². The number of phenolic OH excluding ortho intramolecular Hbond substituents is 1. The van der Waals surface area contributed by atoms with Crippen molar-refractivity contribution in [2.45, 2.75) is 44.8 Å². The molecule has 5 rings (SSSR count). The Labute approximate surface area is 181 Å². The second kappa shape index (κ2) is 7.87. The van der Waals surface area contributed by atoms with Gasteiger partial charge in [-0.25, -0.2) is 4.39 Å². The van der Waals surface area contributed by atoms with E-state index in [0.29, 0.717) is 28.7 Å². The van der Waals surface area contributed by atoms with Gasteiger partial charge in [-0.3, -0.25) is 0 Å². The second-order valence-corrected chi connectivity index (χ2v) is 8.87. The Morgan fingerprint density at radius 3 is 2.45 bits per heavy atom. The number of halogens is 1. The summed E-state index contributed by atoms with van der Waals surface area (Å²) in [5, 5.41) is 27.5. The van der Waals surface area contributed by atoms with Crippen LogP contribution in [0.1, 0.15) is 31.4 Å². The molecule has 0 aliphatic heterocycles. The SMILES string of the molecule is Cc1ccc(-c2ccc(-c3ccc(N(C)[C@H]4C[C@@H]5CC[C@@H](C5)[C@H]4F)nn3)c(O)c2)nn1. The van der Waals surface area contributed by atoms with E-state index in [1.54, 1.807) is 12.1 Å². The van der Waals surface area contributed by atoms with Gasteiger partial charge in [-0.05, 0) is 80.8 Å². The Bertz CT molecular complexity index is 1070. The third kappa shape index (κ3) is 3.73. The van der Waals surface area contributed by atoms with E-state index in [4.69, 9.17) is 0 Å². The summed E-state index contributed by atoms with van der Waals surface area (Å²) >= 11 is 0. The Morgan fingerprint density at radius 1 is 0.935 bits per heavy atom. The summed E-state index contributed by atoms with van der Waals surface area (Å²) in [7, 11) is 1.90. The summed E-state index contributed by atoms with van der Waals surface area (Å²) in [4.78, 5) is 1.94. The van der Waals surface area contributed by atoms with Crippen LogP contribution in [0.5, 0.6) is 5.75 Å². The Kier molecular flexibility index (Phi) is 5.04. The van der Waals surface area contributed by atoms with Gasteiger partial charge in [0.25, 0.3) is 0 Å². The van der Waals surface area contributed by atoms with Crippen LogP contribution in [0.4, 0.5) is 10.2 Å². The molecule has 0 unspecified atom stereocenters. The third-order valence-corrected chi connectivity index (χ3v) is 6.85. The summed E-state index contributed by atoms with van der Waals surface area (Å²) < 4.78 is 14.9. The molecule has 2 aromatic heterocycles. The second-order valence-electron chi connectivity index (χ2n) is 8.87. The third-order valence-electron chi connectivity index (χ3n) is 6.85. The molecule has 1 aromatic carbocycles. The maximum Gasteiger partial charge on any atom is 0.151 e. The Morgan fingerprint density at radius 2 is 1.74 bits per heavy atom. The zero-order valence-electron chi connectivity index (χ0n) is 17.7. The highest BCUT2D eigenvalue weighted by Crippen LogP contribution is 2.45. The van der Waals surface area contributed by atoms with Crippen molar-refractivity contribution in [3.8, 4) is 28.3 Å². The first-order valence-electron chi connectivity index (χ1n) is 10.8. The quantitative estimate of drug-likeness (QED) is 0.667. The molecule has 7 heteroatoms. The predicted octanol–water partition coefficient (Wildman–Crippen LogP) is 4.58. The normalized spacial score (nSPS) is 24.9. The van der Waals surface area contributed by atoms with Crippen molar-refractivity contribution in [3.63, 3.8) is 0 Å². The lowest BCUT2D eigenvalue weighted by atomic mass is 9.83. The molecular formula is C24H26FN5O. The molecule has 2 heterocycles. The van der Waals surface area contributed by atoms with Crippen LogP contribution in [0, 0.1) is 18.8 Å². The maximum absolute atomic E-state index is 14.9. The van der Waals surface area contributed by atoms with Crippen molar-refractivity contribution < 1.29 is 9.50 Å². The first-order chi connectivity index (χ1) is 15.0. The summed E-state index contributed by atoms with van der Waals surface area (Å²) in [6.07, 6.45) is 3.24. The highest BCUT2D eigenvalue weighted by atomic mass is 19.1. The number of benzene rings is 1. The molecule has 0 spiro atoms. The van der Waals surface area contributed by atoms with E-state index in [0.717, 1.165) is 36.9 Å². The number of hydrogen-bond donors (Lipinski definition) is 1. The predicted molar refractivity (Wildman–Crippen MR) is 117 cm³/mol. The van der Waals surface area contributed by atoms with Gasteiger partial charge in [0.05, 0.1) is 23.1 Å².